The van der Waals surface area contributed by atoms with E-state index < -0.39 is 16.6 Å². The van der Waals surface area contributed by atoms with Crippen molar-refractivity contribution in [2.75, 3.05) is 0 Å². The summed E-state index contributed by atoms with van der Waals surface area (Å²) in [6.45, 7) is 7.64. The van der Waals surface area contributed by atoms with Gasteiger partial charge in [0.25, 0.3) is 5.91 Å². The first-order valence-electron chi connectivity index (χ1n) is 15.2. The lowest BCUT2D eigenvalue weighted by molar-refractivity contribution is -0.176. The Morgan fingerprint density at radius 1 is 1.00 bits per heavy atom. The van der Waals surface area contributed by atoms with Gasteiger partial charge < -0.3 is 10.1 Å². The molecule has 0 aliphatic heterocycles. The highest BCUT2D eigenvalue weighted by Crippen LogP contribution is 2.60. The summed E-state index contributed by atoms with van der Waals surface area (Å²) in [5.74, 6) is -0.584. The molecular weight excluding hydrogens is 614 g/mol. The second kappa shape index (κ2) is 11.2. The minimum absolute atomic E-state index is 0.170. The van der Waals surface area contributed by atoms with Crippen molar-refractivity contribution in [1.82, 2.24) is 10.3 Å². The van der Waals surface area contributed by atoms with Crippen molar-refractivity contribution in [1.29, 1.82) is 5.26 Å². The van der Waals surface area contributed by atoms with Gasteiger partial charge in [0.2, 0.25) is 0 Å². The number of nitrogens with zero attached hydrogens (tertiary/aromatic N) is 2. The number of esters is 1. The highest BCUT2D eigenvalue weighted by atomic mass is 79.9. The van der Waals surface area contributed by atoms with Crippen LogP contribution in [-0.4, -0.2) is 28.0 Å². The van der Waals surface area contributed by atoms with Crippen molar-refractivity contribution in [2.24, 2.45) is 5.41 Å². The molecule has 1 atom stereocenters. The molecular formula is C37H36BrN3O3. The number of nitrogens with one attached hydrogen (secondary N) is 1. The number of aromatic nitrogens is 1. The van der Waals surface area contributed by atoms with Crippen LogP contribution in [0.2, 0.25) is 0 Å². The van der Waals surface area contributed by atoms with E-state index in [4.69, 9.17) is 9.72 Å². The van der Waals surface area contributed by atoms with E-state index in [9.17, 15) is 14.9 Å². The maximum Gasteiger partial charge on any atom is 0.312 e. The standard InChI is InChI=1S/C37H36BrN3O3/c1-23-31(28-20-26(38)14-15-30(28)40-32(23)24-10-6-5-7-11-24)33(42)41-37-18-16-36(17-19-37,34(43)44-35(2,3)4)21-29(37)27-13-9-8-12-25(27)22-39/h5-15,20,29H,16-19,21H2,1-4H3,(H,41,42). The molecule has 3 aromatic carbocycles. The van der Waals surface area contributed by atoms with Gasteiger partial charge in [0, 0.05) is 26.9 Å². The van der Waals surface area contributed by atoms with E-state index in [2.05, 4.69) is 27.3 Å². The molecule has 1 heterocycles. The number of ether oxygens (including phenoxy) is 1. The summed E-state index contributed by atoms with van der Waals surface area (Å²) >= 11 is 3.60. The number of pyridine rings is 1. The van der Waals surface area contributed by atoms with Gasteiger partial charge >= 0.3 is 5.97 Å². The van der Waals surface area contributed by atoms with Gasteiger partial charge in [-0.25, -0.2) is 4.98 Å². The van der Waals surface area contributed by atoms with Crippen LogP contribution in [0, 0.1) is 23.7 Å². The van der Waals surface area contributed by atoms with E-state index in [-0.39, 0.29) is 17.8 Å². The Hall–Kier alpha value is -4.02. The van der Waals surface area contributed by atoms with Crippen LogP contribution in [0.4, 0.5) is 0 Å². The van der Waals surface area contributed by atoms with Gasteiger partial charge in [-0.05, 0) is 95.2 Å². The zero-order valence-electron chi connectivity index (χ0n) is 25.5. The summed E-state index contributed by atoms with van der Waals surface area (Å²) in [5, 5.41) is 14.4. The maximum absolute atomic E-state index is 14.6. The number of rotatable bonds is 5. The number of carbonyl (C=O) groups is 2. The lowest BCUT2D eigenvalue weighted by atomic mass is 9.51. The van der Waals surface area contributed by atoms with Crippen LogP contribution in [0.3, 0.4) is 0 Å². The van der Waals surface area contributed by atoms with Gasteiger partial charge in [0.05, 0.1) is 33.8 Å². The molecule has 224 valence electrons. The summed E-state index contributed by atoms with van der Waals surface area (Å²) in [6, 6.07) is 25.7. The monoisotopic (exact) mass is 649 g/mol. The molecule has 44 heavy (non-hydrogen) atoms. The zero-order chi connectivity index (χ0) is 31.3. The Bertz CT molecular complexity index is 1810. The maximum atomic E-state index is 14.6. The quantitative estimate of drug-likeness (QED) is 0.219. The van der Waals surface area contributed by atoms with E-state index in [0.717, 1.165) is 37.8 Å². The summed E-state index contributed by atoms with van der Waals surface area (Å²) in [6.07, 6.45) is 2.96. The number of halogens is 1. The number of nitriles is 1. The van der Waals surface area contributed by atoms with Crippen molar-refractivity contribution in [3.8, 4) is 17.3 Å². The molecule has 3 aliphatic carbocycles. The number of carbonyl (C=O) groups excluding carboxylic acids is 2. The lowest BCUT2D eigenvalue weighted by Crippen LogP contribution is -2.63. The molecule has 0 saturated heterocycles. The summed E-state index contributed by atoms with van der Waals surface area (Å²) in [5.41, 5.74) is 3.40. The molecule has 1 N–H and O–H groups in total. The normalized spacial score (nSPS) is 22.8. The molecule has 2 bridgehead atoms. The minimum atomic E-state index is -0.655. The Balaban J connectivity index is 1.46. The third-order valence-corrected chi connectivity index (χ3v) is 9.97. The van der Waals surface area contributed by atoms with Gasteiger partial charge in [0.1, 0.15) is 5.60 Å². The first-order valence-corrected chi connectivity index (χ1v) is 15.9. The van der Waals surface area contributed by atoms with Crippen molar-refractivity contribution in [2.45, 2.75) is 76.9 Å². The molecule has 3 aliphatic rings. The number of amides is 1. The average molecular weight is 651 g/mol. The van der Waals surface area contributed by atoms with Crippen molar-refractivity contribution < 1.29 is 14.3 Å². The van der Waals surface area contributed by atoms with Crippen LogP contribution in [0.25, 0.3) is 22.2 Å². The van der Waals surface area contributed by atoms with E-state index in [0.29, 0.717) is 43.2 Å². The second-order valence-electron chi connectivity index (χ2n) is 13.3. The summed E-state index contributed by atoms with van der Waals surface area (Å²) in [4.78, 5) is 33.3. The van der Waals surface area contributed by atoms with Gasteiger partial charge in [-0.1, -0.05) is 64.5 Å². The first kappa shape index (κ1) is 30.0. The highest BCUT2D eigenvalue weighted by Gasteiger charge is 2.59. The fraction of sp³-hybridized carbons (Fsp3) is 0.351. The van der Waals surface area contributed by atoms with E-state index in [1.807, 2.05) is 100 Å². The summed E-state index contributed by atoms with van der Waals surface area (Å²) in [7, 11) is 0. The van der Waals surface area contributed by atoms with Crippen LogP contribution in [0.1, 0.15) is 85.8 Å². The molecule has 1 unspecified atom stereocenters. The van der Waals surface area contributed by atoms with Crippen molar-refractivity contribution in [3.63, 3.8) is 0 Å². The van der Waals surface area contributed by atoms with E-state index in [1.165, 1.54) is 0 Å². The molecule has 1 aromatic heterocycles. The SMILES string of the molecule is Cc1c(-c2ccccc2)nc2ccc(Br)cc2c1C(=O)NC12CCC(C(=O)OC(C)(C)C)(CC1)CC2c1ccccc1C#N. The number of hydrogen-bond acceptors (Lipinski definition) is 5. The molecule has 3 fully saturated rings. The minimum Gasteiger partial charge on any atom is -0.460 e. The van der Waals surface area contributed by atoms with Gasteiger partial charge in [-0.15, -0.1) is 0 Å². The molecule has 4 aromatic rings. The van der Waals surface area contributed by atoms with Crippen LogP contribution in [-0.2, 0) is 9.53 Å². The highest BCUT2D eigenvalue weighted by molar-refractivity contribution is 9.10. The third kappa shape index (κ3) is 5.30. The second-order valence-corrected chi connectivity index (χ2v) is 14.3. The van der Waals surface area contributed by atoms with E-state index >= 15 is 0 Å². The van der Waals surface area contributed by atoms with Crippen LogP contribution in [0.15, 0.2) is 77.3 Å². The van der Waals surface area contributed by atoms with Gasteiger partial charge in [-0.2, -0.15) is 5.26 Å². The first-order chi connectivity index (χ1) is 21.0. The molecule has 7 rings (SSSR count). The molecule has 0 spiro atoms. The third-order valence-electron chi connectivity index (χ3n) is 9.48. The van der Waals surface area contributed by atoms with Crippen molar-refractivity contribution in [3.05, 3.63) is 99.5 Å². The van der Waals surface area contributed by atoms with Crippen molar-refractivity contribution >= 4 is 38.7 Å². The predicted octanol–water partition coefficient (Wildman–Crippen LogP) is 8.40. The zero-order valence-corrected chi connectivity index (χ0v) is 27.1. The Labute approximate surface area is 267 Å². The fourth-order valence-electron chi connectivity index (χ4n) is 7.30. The average Bonchev–Trinajstić information content (AvgIpc) is 3.00. The van der Waals surface area contributed by atoms with Gasteiger partial charge in [0.15, 0.2) is 0 Å². The topological polar surface area (TPSA) is 92.1 Å². The summed E-state index contributed by atoms with van der Waals surface area (Å²) < 4.78 is 6.81. The Morgan fingerprint density at radius 3 is 2.36 bits per heavy atom. The molecule has 3 saturated carbocycles. The van der Waals surface area contributed by atoms with Crippen LogP contribution >= 0.6 is 15.9 Å². The number of hydrogen-bond donors (Lipinski definition) is 1. The Kier molecular flexibility index (Phi) is 7.62. The molecule has 7 heteroatoms. The largest absolute Gasteiger partial charge is 0.460 e. The van der Waals surface area contributed by atoms with Gasteiger partial charge in [-0.3, -0.25) is 9.59 Å². The predicted molar refractivity (Wildman–Crippen MR) is 175 cm³/mol. The van der Waals surface area contributed by atoms with Crippen LogP contribution < -0.4 is 5.32 Å². The number of benzene rings is 3. The Morgan fingerprint density at radius 2 is 1.68 bits per heavy atom. The molecule has 0 radical (unpaired) electrons. The smallest absolute Gasteiger partial charge is 0.312 e. The van der Waals surface area contributed by atoms with E-state index in [1.54, 1.807) is 0 Å². The lowest BCUT2D eigenvalue weighted by Gasteiger charge is -2.57. The number of fused-ring (bicyclic) bond motifs is 4. The van der Waals surface area contributed by atoms with Crippen LogP contribution in [0.5, 0.6) is 0 Å². The molecule has 1 amide bonds. The fourth-order valence-corrected chi connectivity index (χ4v) is 7.66. The molecule has 6 nitrogen and oxygen atoms in total.